The van der Waals surface area contributed by atoms with Crippen LogP contribution in [-0.4, -0.2) is 199 Å². The van der Waals surface area contributed by atoms with E-state index in [4.69, 9.17) is 76.4 Å². The van der Waals surface area contributed by atoms with Gasteiger partial charge in [0.1, 0.15) is 51.5 Å². The Morgan fingerprint density at radius 3 is 1.23 bits per heavy atom. The van der Waals surface area contributed by atoms with E-state index in [-0.39, 0.29) is 108 Å². The molecule has 9 rings (SSSR count). The number of hydrogen-bond donors (Lipinski definition) is 10. The van der Waals surface area contributed by atoms with Crippen molar-refractivity contribution in [2.24, 2.45) is 5.73 Å². The quantitative estimate of drug-likeness (QED) is 0.0226. The Hall–Kier alpha value is -4.26. The third-order valence-electron chi connectivity index (χ3n) is 14.2. The van der Waals surface area contributed by atoms with Crippen LogP contribution in [0.4, 0.5) is 14.4 Å². The van der Waals surface area contributed by atoms with E-state index >= 15 is 0 Å². The number of amides is 3. The largest absolute Gasteiger partial charge is 1.00 e. The van der Waals surface area contributed by atoms with Crippen molar-refractivity contribution >= 4 is 60.4 Å². The summed E-state index contributed by atoms with van der Waals surface area (Å²) in [6.07, 6.45) is 8.44. The van der Waals surface area contributed by atoms with Crippen molar-refractivity contribution in [1.29, 1.82) is 0 Å². The Kier molecular flexibility index (Phi) is 51.8. The Balaban J connectivity index is -0.00000116. The topological polar surface area (TPSA) is 452 Å². The molecule has 0 saturated carbocycles. The van der Waals surface area contributed by atoms with Gasteiger partial charge in [-0.15, -0.1) is 22.7 Å². The maximum atomic E-state index is 12.0. The first-order chi connectivity index (χ1) is 44.6. The summed E-state index contributed by atoms with van der Waals surface area (Å²) in [5.74, 6) is 0. The number of nitrogens with zero attached hydrogens (tertiary/aromatic N) is 7. The van der Waals surface area contributed by atoms with Gasteiger partial charge in [-0.1, -0.05) is 47.5 Å². The summed E-state index contributed by atoms with van der Waals surface area (Å²) in [7, 11) is -4.94. The van der Waals surface area contributed by atoms with Crippen LogP contribution in [0, 0.1) is 17.7 Å². The zero-order chi connectivity index (χ0) is 70.8. The van der Waals surface area contributed by atoms with Crippen molar-refractivity contribution in [3.63, 3.8) is 0 Å². The fourth-order valence-electron chi connectivity index (χ4n) is 9.35. The summed E-state index contributed by atoms with van der Waals surface area (Å²) in [4.78, 5) is 65.7. The van der Waals surface area contributed by atoms with E-state index in [9.17, 15) is 29.7 Å². The van der Waals surface area contributed by atoms with Gasteiger partial charge in [-0.2, -0.15) is 0 Å². The number of likely N-dealkylation sites (tertiary alicyclic amines) is 3. The standard InChI is InChI=1S/C17H26ClN3O3.C17H27N3O3.C12H19N3O.C10H20N2O2.C7H6ClNO.CH2O2.CH3.ClHO4.ClH.Li.H3N.Pd/c1-17(2,3)24-16(23)21-9-7-12(8-10-21)19-11-14(22)13-5-4-6-15(18)20-13;1-17(2,3)23-16(22)20-10-7-13(8-11-20)19-12-15(21)14-6-4-5-9-18-14;16-12(11-3-1-2-6-14-11)9-15-10-4-7-13-8-5-10;1-10(2,3)14-9(13)12-6-4-8(11)5-7-12;8-7-3-1-2-5(9-7)6-4-10-6;2-1-3;;2-1(3,4)5;;;;/h4-6,12,14,19,22H,7-11H2,1-3H3;4-6,9,13,15,19,21H,7-8,10-12H2,1-3H3;1-3,6,10,12-13,15-16H,4-5,7-9H2;8H,4-7,11H2,1-3H3;1-3,6H,4H2;1H,(H,2,3);1H3;(H,2,3,4,5);1H;;1H3;/q;;;;;;-1;;;+1;;/p-1/t14-;15-;12-;;6-;;;;;;;/m111.1......./s1. The molecule has 3 amide bonds. The molecule has 4 aromatic heterocycles. The fourth-order valence-corrected chi connectivity index (χ4v) is 9.69. The number of aliphatic hydroxyl groups excluding tert-OH is 3. The third-order valence-corrected chi connectivity index (χ3v) is 14.6. The van der Waals surface area contributed by atoms with Crippen LogP contribution in [-0.2, 0) is 44.2 Å². The molecule has 4 atom stereocenters. The molecule has 0 unspecified atom stereocenters. The molecule has 5 aliphatic heterocycles. The van der Waals surface area contributed by atoms with E-state index in [1.807, 2.05) is 111 Å². The minimum absolute atomic E-state index is 0. The number of ether oxygens (including phenoxy) is 4. The first-order valence-corrected chi connectivity index (χ1v) is 33.6. The van der Waals surface area contributed by atoms with Crippen molar-refractivity contribution in [1.82, 2.24) is 62.1 Å². The smallest absolute Gasteiger partial charge is 0.483 e. The number of rotatable bonds is 13. The van der Waals surface area contributed by atoms with Crippen LogP contribution in [0.5, 0.6) is 0 Å². The predicted octanol–water partition coefficient (Wildman–Crippen LogP) is 1.45. The minimum atomic E-state index is -4.94. The van der Waals surface area contributed by atoms with Gasteiger partial charge in [0, 0.05) is 116 Å². The van der Waals surface area contributed by atoms with Crippen molar-refractivity contribution < 1.29 is 127 Å². The van der Waals surface area contributed by atoms with Gasteiger partial charge in [-0.05, 0) is 175 Å². The molecule has 100 heavy (non-hydrogen) atoms. The van der Waals surface area contributed by atoms with Crippen molar-refractivity contribution in [3.05, 3.63) is 126 Å². The molecule has 0 aliphatic carbocycles. The maximum absolute atomic E-state index is 12.0. The second-order valence-electron chi connectivity index (χ2n) is 25.7. The number of halogens is 4. The summed E-state index contributed by atoms with van der Waals surface area (Å²) in [5, 5.41) is 51.4. The molecule has 568 valence electrons. The van der Waals surface area contributed by atoms with Gasteiger partial charge in [0.05, 0.1) is 29.4 Å². The monoisotopic (exact) mass is 1580 g/mol. The van der Waals surface area contributed by atoms with Gasteiger partial charge < -0.3 is 94.7 Å². The molecule has 0 bridgehead atoms. The van der Waals surface area contributed by atoms with Crippen LogP contribution in [0.3, 0.4) is 0 Å². The minimum Gasteiger partial charge on any atom is -0.483 e. The van der Waals surface area contributed by atoms with E-state index in [0.29, 0.717) is 79.6 Å². The van der Waals surface area contributed by atoms with Crippen LogP contribution in [0.2, 0.25) is 10.3 Å². The number of aromatic nitrogens is 4. The van der Waals surface area contributed by atoms with Crippen molar-refractivity contribution in [2.75, 3.05) is 78.6 Å². The Bertz CT molecular complexity index is 2790. The van der Waals surface area contributed by atoms with E-state index < -0.39 is 45.4 Å². The van der Waals surface area contributed by atoms with Gasteiger partial charge in [0.15, 0.2) is 0 Å². The van der Waals surface area contributed by atoms with E-state index in [2.05, 4.69) is 41.2 Å². The second kappa shape index (κ2) is 51.8. The molecule has 5 saturated heterocycles. The maximum Gasteiger partial charge on any atom is 1.00 e. The molecular weight excluding hydrogens is 1470 g/mol. The zero-order valence-electron chi connectivity index (χ0n) is 59.4. The Labute approximate surface area is 634 Å². The number of nitrogens with two attached hydrogens (primary N) is 1. The van der Waals surface area contributed by atoms with Crippen LogP contribution in [0.1, 0.15) is 161 Å². The van der Waals surface area contributed by atoms with Crippen LogP contribution >= 0.6 is 35.6 Å². The van der Waals surface area contributed by atoms with Gasteiger partial charge in [-0.3, -0.25) is 14.8 Å². The predicted molar refractivity (Wildman–Crippen MR) is 364 cm³/mol. The molecule has 5 fully saturated rings. The van der Waals surface area contributed by atoms with Crippen LogP contribution < -0.4 is 70.6 Å². The number of hydrogen-bond acceptors (Lipinski definition) is 25. The SMILES string of the molecule is CC(C)(C)OC(=O)N1CCC(N)CC1.CC(C)(C)OC(=O)N1CCC(NC[C@@H](O)c2cccc(Cl)n2)CC1.CC(C)(C)OC(=O)N1CCC(NC[C@@H](O)c2ccccn2)CC1.Cl.Clc1cccc([C@H]2CO2)n1.N.O=CO.O[C@H](CNC1CCNCC1)c1ccccn1.[CH3-].[Li+].[O-][Cl+3]([O-])([O-])[O-].[Pd]. The third kappa shape index (κ3) is 47.2. The molecular formula is C65H107Cl4LiN13O16Pd-. The Morgan fingerprint density at radius 1 is 0.610 bits per heavy atom. The second-order valence-corrected chi connectivity index (χ2v) is 27.2. The number of aliphatic hydroxyl groups is 3. The van der Waals surface area contributed by atoms with E-state index in [1.165, 1.54) is 0 Å². The molecule has 35 heteroatoms. The van der Waals surface area contributed by atoms with E-state index in [0.717, 1.165) is 95.5 Å². The molecule has 5 aliphatic rings. The number of piperidine rings is 4. The summed E-state index contributed by atoms with van der Waals surface area (Å²) >= 11 is 11.5. The van der Waals surface area contributed by atoms with Crippen LogP contribution in [0.25, 0.3) is 0 Å². The molecule has 0 aromatic carbocycles. The first-order valence-electron chi connectivity index (χ1n) is 31.6. The summed E-state index contributed by atoms with van der Waals surface area (Å²) in [6, 6.07) is 23.2. The average molecular weight is 1580 g/mol. The summed E-state index contributed by atoms with van der Waals surface area (Å²) < 4.78 is 55.0. The number of carboxylic acid groups (broad SMARTS) is 1. The number of nitrogens with one attached hydrogen (secondary N) is 4. The molecule has 4 aromatic rings. The number of carbonyl (C=O) groups is 4. The van der Waals surface area contributed by atoms with Gasteiger partial charge in [0.2, 0.25) is 0 Å². The fraction of sp³-hybridized carbons (Fsp3) is 0.615. The van der Waals surface area contributed by atoms with Gasteiger partial charge >= 0.3 is 37.1 Å². The summed E-state index contributed by atoms with van der Waals surface area (Å²) in [5.41, 5.74) is 7.31. The van der Waals surface area contributed by atoms with Gasteiger partial charge in [0.25, 0.3) is 6.47 Å². The van der Waals surface area contributed by atoms with Crippen molar-refractivity contribution in [2.45, 2.75) is 179 Å². The Morgan fingerprint density at radius 2 is 0.920 bits per heavy atom. The number of pyridine rings is 4. The number of epoxide rings is 1. The zero-order valence-corrected chi connectivity index (χ0v) is 64.0. The molecule has 13 N–H and O–H groups in total. The molecule has 9 heterocycles. The van der Waals surface area contributed by atoms with E-state index in [1.54, 1.807) is 51.4 Å². The first kappa shape index (κ1) is 99.9. The summed E-state index contributed by atoms with van der Waals surface area (Å²) in [6.45, 7) is 25.1. The number of carbonyl (C=O) groups excluding carboxylic acids is 3. The molecule has 29 nitrogen and oxygen atoms in total. The molecule has 0 radical (unpaired) electrons. The molecule has 0 spiro atoms. The van der Waals surface area contributed by atoms with Gasteiger partial charge in [-0.25, -0.2) is 43.0 Å². The van der Waals surface area contributed by atoms with Crippen molar-refractivity contribution in [3.8, 4) is 0 Å². The normalized spacial score (nSPS) is 17.2. The van der Waals surface area contributed by atoms with Crippen LogP contribution in [0.15, 0.2) is 85.2 Å². The average Bonchev–Trinajstić information content (AvgIpc) is 1.60.